The third kappa shape index (κ3) is 3.46. The van der Waals surface area contributed by atoms with Crippen LogP contribution in [-0.2, 0) is 24.3 Å². The minimum atomic E-state index is -1.08. The van der Waals surface area contributed by atoms with E-state index >= 15 is 0 Å². The van der Waals surface area contributed by atoms with E-state index in [1.54, 1.807) is 0 Å². The lowest BCUT2D eigenvalue weighted by atomic mass is 10.1. The molecule has 0 amide bonds. The van der Waals surface area contributed by atoms with Gasteiger partial charge in [0.15, 0.2) is 6.29 Å². The lowest BCUT2D eigenvalue weighted by Crippen LogP contribution is -2.22. The number of halogens is 1. The van der Waals surface area contributed by atoms with Crippen molar-refractivity contribution in [2.75, 3.05) is 6.61 Å². The highest BCUT2D eigenvalue weighted by atomic mass is 79.9. The summed E-state index contributed by atoms with van der Waals surface area (Å²) < 4.78 is 9.19. The summed E-state index contributed by atoms with van der Waals surface area (Å²) in [5, 5.41) is 1.21. The van der Waals surface area contributed by atoms with E-state index in [4.69, 9.17) is 4.74 Å². The lowest BCUT2D eigenvalue weighted by Gasteiger charge is -2.17. The zero-order valence-electron chi connectivity index (χ0n) is 14.1. The van der Waals surface area contributed by atoms with Crippen molar-refractivity contribution in [3.8, 4) is 0 Å². The number of hydrogen-bond acceptors (Lipinski definition) is 2. The van der Waals surface area contributed by atoms with Gasteiger partial charge in [-0.1, -0.05) is 35.6 Å². The summed E-state index contributed by atoms with van der Waals surface area (Å²) >= 11 is 3.53. The van der Waals surface area contributed by atoms with Gasteiger partial charge in [-0.2, -0.15) is 0 Å². The van der Waals surface area contributed by atoms with E-state index in [1.165, 1.54) is 29.1 Å². The summed E-state index contributed by atoms with van der Waals surface area (Å²) in [5.74, 6) is 0. The molecule has 3 nitrogen and oxygen atoms in total. The molecule has 0 saturated carbocycles. The molecule has 2 aromatic rings. The van der Waals surface area contributed by atoms with Crippen LogP contribution in [-0.4, -0.2) is 25.5 Å². The summed E-state index contributed by atoms with van der Waals surface area (Å²) in [6.45, 7) is 8.44. The average Bonchev–Trinajstić information content (AvgIpc) is 3.04. The van der Waals surface area contributed by atoms with Gasteiger partial charge in [0.05, 0.1) is 5.52 Å². The number of ether oxygens (including phenoxy) is 1. The molecule has 0 radical (unpaired) electrons. The van der Waals surface area contributed by atoms with Gasteiger partial charge >= 0.3 is 0 Å². The molecule has 1 aromatic heterocycles. The second-order valence-electron chi connectivity index (χ2n) is 7.56. The van der Waals surface area contributed by atoms with Gasteiger partial charge in [0.1, 0.15) is 6.73 Å². The topological polar surface area (TPSA) is 31.2 Å². The maximum absolute atomic E-state index is 11.5. The van der Waals surface area contributed by atoms with Crippen molar-refractivity contribution >= 4 is 41.2 Å². The Labute approximate surface area is 147 Å². The highest BCUT2D eigenvalue weighted by Crippen LogP contribution is 2.36. The Morgan fingerprint density at radius 3 is 2.78 bits per heavy atom. The molecule has 1 aliphatic rings. The van der Waals surface area contributed by atoms with E-state index in [2.05, 4.69) is 46.2 Å². The minimum Gasteiger partial charge on any atom is -0.361 e. The molecule has 0 fully saturated rings. The molecule has 5 heteroatoms. The molecule has 1 heterocycles. The van der Waals surface area contributed by atoms with Gasteiger partial charge in [-0.15, -0.1) is 0 Å². The Morgan fingerprint density at radius 1 is 1.30 bits per heavy atom. The van der Waals surface area contributed by atoms with E-state index in [-0.39, 0.29) is 0 Å². The van der Waals surface area contributed by atoms with Crippen molar-refractivity contribution in [3.63, 3.8) is 0 Å². The standard InChI is InChI=1S/C18H24BrNO2Si/c1-23(2,3)8-7-22-12-20-17-6-4-5-15(17)16-10-14(19)9-13(11-21)18(16)20/h9-11H,4-8,12H2,1-3H3. The molecular formula is C18H24BrNO2Si. The third-order valence-corrected chi connectivity index (χ3v) is 6.72. The zero-order chi connectivity index (χ0) is 16.6. The van der Waals surface area contributed by atoms with Crippen LogP contribution in [0.25, 0.3) is 10.9 Å². The van der Waals surface area contributed by atoms with E-state index < -0.39 is 8.07 Å². The molecule has 0 atom stereocenters. The van der Waals surface area contributed by atoms with Gasteiger partial charge in [0.2, 0.25) is 0 Å². The largest absolute Gasteiger partial charge is 0.361 e. The van der Waals surface area contributed by atoms with Gasteiger partial charge in [-0.25, -0.2) is 0 Å². The van der Waals surface area contributed by atoms with Crippen LogP contribution in [0.15, 0.2) is 16.6 Å². The first-order valence-corrected chi connectivity index (χ1v) is 12.8. The van der Waals surface area contributed by atoms with Gasteiger partial charge in [-0.05, 0) is 43.0 Å². The predicted octanol–water partition coefficient (Wildman–Crippen LogP) is 5.02. The number of fused-ring (bicyclic) bond motifs is 3. The Hall–Kier alpha value is -0.913. The Balaban J connectivity index is 1.94. The van der Waals surface area contributed by atoms with Gasteiger partial charge in [0, 0.05) is 35.8 Å². The van der Waals surface area contributed by atoms with Crippen molar-refractivity contribution in [2.45, 2.75) is 51.7 Å². The van der Waals surface area contributed by atoms with Gasteiger partial charge in [-0.3, -0.25) is 4.79 Å². The predicted molar refractivity (Wildman–Crippen MR) is 101 cm³/mol. The zero-order valence-corrected chi connectivity index (χ0v) is 16.7. The third-order valence-electron chi connectivity index (χ3n) is 4.56. The molecule has 0 spiro atoms. The van der Waals surface area contributed by atoms with Crippen LogP contribution in [0.5, 0.6) is 0 Å². The van der Waals surface area contributed by atoms with Crippen molar-refractivity contribution in [1.29, 1.82) is 0 Å². The fraction of sp³-hybridized carbons (Fsp3) is 0.500. The first-order valence-electron chi connectivity index (χ1n) is 8.27. The molecular weight excluding hydrogens is 370 g/mol. The number of rotatable bonds is 6. The maximum Gasteiger partial charge on any atom is 0.152 e. The molecule has 0 N–H and O–H groups in total. The smallest absolute Gasteiger partial charge is 0.152 e. The van der Waals surface area contributed by atoms with Crippen LogP contribution in [0, 0.1) is 0 Å². The second-order valence-corrected chi connectivity index (χ2v) is 14.1. The summed E-state index contributed by atoms with van der Waals surface area (Å²) in [5.41, 5.74) is 4.55. The molecule has 0 bridgehead atoms. The number of carbonyl (C=O) groups excluding carboxylic acids is 1. The van der Waals surface area contributed by atoms with Gasteiger partial charge < -0.3 is 9.30 Å². The molecule has 0 unspecified atom stereocenters. The maximum atomic E-state index is 11.5. The summed E-state index contributed by atoms with van der Waals surface area (Å²) in [6, 6.07) is 5.22. The molecule has 0 aliphatic heterocycles. The quantitative estimate of drug-likeness (QED) is 0.392. The number of aryl methyl sites for hydroxylation is 1. The molecule has 23 heavy (non-hydrogen) atoms. The fourth-order valence-corrected chi connectivity index (χ4v) is 4.60. The fourth-order valence-electron chi connectivity index (χ4n) is 3.37. The van der Waals surface area contributed by atoms with E-state index in [0.717, 1.165) is 41.3 Å². The van der Waals surface area contributed by atoms with E-state index in [1.807, 2.05) is 6.07 Å². The van der Waals surface area contributed by atoms with E-state index in [9.17, 15) is 4.79 Å². The first kappa shape index (κ1) is 16.9. The molecule has 1 aromatic carbocycles. The highest BCUT2D eigenvalue weighted by Gasteiger charge is 2.23. The van der Waals surface area contributed by atoms with Crippen LogP contribution in [0.4, 0.5) is 0 Å². The van der Waals surface area contributed by atoms with Gasteiger partial charge in [0.25, 0.3) is 0 Å². The van der Waals surface area contributed by atoms with Crippen LogP contribution in [0.2, 0.25) is 25.7 Å². The van der Waals surface area contributed by atoms with Crippen molar-refractivity contribution < 1.29 is 9.53 Å². The molecule has 3 rings (SSSR count). The number of benzene rings is 1. The Kier molecular flexibility index (Phi) is 4.81. The van der Waals surface area contributed by atoms with Crippen LogP contribution >= 0.6 is 15.9 Å². The number of nitrogens with zero attached hydrogens (tertiary/aromatic N) is 1. The number of hydrogen-bond donors (Lipinski definition) is 0. The highest BCUT2D eigenvalue weighted by molar-refractivity contribution is 9.10. The van der Waals surface area contributed by atoms with Crippen molar-refractivity contribution in [3.05, 3.63) is 33.4 Å². The average molecular weight is 394 g/mol. The number of carbonyl (C=O) groups is 1. The normalized spacial score (nSPS) is 14.4. The second kappa shape index (κ2) is 6.53. The Bertz CT molecular complexity index is 746. The summed E-state index contributed by atoms with van der Waals surface area (Å²) in [6.07, 6.45) is 4.33. The van der Waals surface area contributed by atoms with Crippen LogP contribution in [0.3, 0.4) is 0 Å². The molecule has 0 saturated heterocycles. The molecule has 1 aliphatic carbocycles. The summed E-state index contributed by atoms with van der Waals surface area (Å²) in [4.78, 5) is 11.5. The number of aldehydes is 1. The van der Waals surface area contributed by atoms with E-state index in [0.29, 0.717) is 6.73 Å². The lowest BCUT2D eigenvalue weighted by molar-refractivity contribution is 0.0885. The van der Waals surface area contributed by atoms with Crippen molar-refractivity contribution in [1.82, 2.24) is 4.57 Å². The van der Waals surface area contributed by atoms with Crippen molar-refractivity contribution in [2.24, 2.45) is 0 Å². The minimum absolute atomic E-state index is 0.554. The Morgan fingerprint density at radius 2 is 2.09 bits per heavy atom. The first-order chi connectivity index (χ1) is 10.9. The van der Waals surface area contributed by atoms with Crippen LogP contribution in [0.1, 0.15) is 28.0 Å². The molecule has 124 valence electrons. The number of aromatic nitrogens is 1. The summed E-state index contributed by atoms with van der Waals surface area (Å²) in [7, 11) is -1.08. The monoisotopic (exact) mass is 393 g/mol. The van der Waals surface area contributed by atoms with Crippen LogP contribution < -0.4 is 0 Å². The SMILES string of the molecule is C[Si](C)(C)CCOCn1c2c(c3cc(Br)cc(C=O)c31)CCC2.